The molecule has 2 aromatic carbocycles. The Morgan fingerprint density at radius 3 is 2.27 bits per heavy atom. The zero-order chi connectivity index (χ0) is 21.7. The molecule has 0 spiro atoms. The molecule has 0 saturated heterocycles. The van der Waals surface area contributed by atoms with Crippen molar-refractivity contribution in [1.82, 2.24) is 4.57 Å². The second-order valence-electron chi connectivity index (χ2n) is 6.73. The zero-order valence-electron chi connectivity index (χ0n) is 17.9. The SMILES string of the molecule is C=C(c1cc(OC)c(OC)c(OC)c1)c1ccc2c(ccn2CCC(=O)OCC)c1. The molecule has 6 nitrogen and oxygen atoms in total. The van der Waals surface area contributed by atoms with Crippen molar-refractivity contribution in [2.45, 2.75) is 19.9 Å². The van der Waals surface area contributed by atoms with Crippen LogP contribution in [0.5, 0.6) is 17.2 Å². The van der Waals surface area contributed by atoms with Crippen molar-refractivity contribution in [1.29, 1.82) is 0 Å². The molecule has 0 fully saturated rings. The van der Waals surface area contributed by atoms with E-state index in [-0.39, 0.29) is 5.97 Å². The Hall–Kier alpha value is -3.41. The molecular weight excluding hydrogens is 382 g/mol. The number of methoxy groups -OCH3 is 3. The topological polar surface area (TPSA) is 58.9 Å². The zero-order valence-corrected chi connectivity index (χ0v) is 17.9. The van der Waals surface area contributed by atoms with Gasteiger partial charge in [-0.3, -0.25) is 4.79 Å². The third kappa shape index (κ3) is 4.27. The van der Waals surface area contributed by atoms with Crippen LogP contribution in [-0.4, -0.2) is 38.5 Å². The fourth-order valence-electron chi connectivity index (χ4n) is 3.45. The van der Waals surface area contributed by atoms with Gasteiger partial charge in [0.25, 0.3) is 0 Å². The highest BCUT2D eigenvalue weighted by molar-refractivity contribution is 5.88. The standard InChI is InChI=1S/C24H27NO5/c1-6-30-23(26)10-12-25-11-9-18-13-17(7-8-20(18)25)16(2)19-14-21(27-3)24(29-5)22(15-19)28-4/h7-9,11,13-15H,2,6,10,12H2,1,3-5H3. The van der Waals surface area contributed by atoms with Crippen molar-refractivity contribution >= 4 is 22.4 Å². The van der Waals surface area contributed by atoms with E-state index in [1.54, 1.807) is 21.3 Å². The lowest BCUT2D eigenvalue weighted by Gasteiger charge is -2.15. The number of aromatic nitrogens is 1. The van der Waals surface area contributed by atoms with Gasteiger partial charge >= 0.3 is 5.97 Å². The first-order valence-electron chi connectivity index (χ1n) is 9.76. The molecule has 0 aliphatic rings. The minimum absolute atomic E-state index is 0.188. The molecule has 1 aromatic heterocycles. The number of esters is 1. The number of carbonyl (C=O) groups excluding carboxylic acids is 1. The fraction of sp³-hybridized carbons (Fsp3) is 0.292. The molecule has 0 radical (unpaired) electrons. The largest absolute Gasteiger partial charge is 0.493 e. The lowest BCUT2D eigenvalue weighted by atomic mass is 9.97. The Balaban J connectivity index is 1.88. The number of hydrogen-bond acceptors (Lipinski definition) is 5. The lowest BCUT2D eigenvalue weighted by molar-refractivity contribution is -0.143. The number of nitrogens with zero attached hydrogens (tertiary/aromatic N) is 1. The van der Waals surface area contributed by atoms with E-state index >= 15 is 0 Å². The summed E-state index contributed by atoms with van der Waals surface area (Å²) in [7, 11) is 4.76. The summed E-state index contributed by atoms with van der Waals surface area (Å²) in [6.45, 7) is 7.07. The molecule has 158 valence electrons. The third-order valence-corrected chi connectivity index (χ3v) is 4.99. The Bertz CT molecular complexity index is 1040. The maximum Gasteiger partial charge on any atom is 0.307 e. The van der Waals surface area contributed by atoms with Crippen LogP contribution >= 0.6 is 0 Å². The van der Waals surface area contributed by atoms with Crippen LogP contribution < -0.4 is 14.2 Å². The number of rotatable bonds is 9. The first-order valence-corrected chi connectivity index (χ1v) is 9.76. The highest BCUT2D eigenvalue weighted by Gasteiger charge is 2.16. The Morgan fingerprint density at radius 2 is 1.67 bits per heavy atom. The first-order chi connectivity index (χ1) is 14.5. The highest BCUT2D eigenvalue weighted by Crippen LogP contribution is 2.41. The van der Waals surface area contributed by atoms with Gasteiger partial charge in [-0.05, 0) is 54.0 Å². The maximum absolute atomic E-state index is 11.6. The van der Waals surface area contributed by atoms with E-state index in [1.807, 2.05) is 43.5 Å². The van der Waals surface area contributed by atoms with E-state index in [0.717, 1.165) is 27.6 Å². The van der Waals surface area contributed by atoms with Crippen LogP contribution in [0.3, 0.4) is 0 Å². The molecule has 0 amide bonds. The number of benzene rings is 2. The summed E-state index contributed by atoms with van der Waals surface area (Å²) >= 11 is 0. The van der Waals surface area contributed by atoms with Gasteiger partial charge in [-0.1, -0.05) is 12.6 Å². The molecular formula is C24H27NO5. The van der Waals surface area contributed by atoms with Gasteiger partial charge < -0.3 is 23.5 Å². The molecule has 30 heavy (non-hydrogen) atoms. The van der Waals surface area contributed by atoms with Crippen molar-refractivity contribution in [3.05, 3.63) is 60.3 Å². The van der Waals surface area contributed by atoms with Crippen molar-refractivity contribution in [2.75, 3.05) is 27.9 Å². The predicted molar refractivity (Wildman–Crippen MR) is 117 cm³/mol. The van der Waals surface area contributed by atoms with Crippen molar-refractivity contribution < 1.29 is 23.7 Å². The lowest BCUT2D eigenvalue weighted by Crippen LogP contribution is -2.08. The highest BCUT2D eigenvalue weighted by atomic mass is 16.5. The van der Waals surface area contributed by atoms with E-state index in [1.165, 1.54) is 0 Å². The summed E-state index contributed by atoms with van der Waals surface area (Å²) < 4.78 is 23.4. The second kappa shape index (κ2) is 9.39. The number of fused-ring (bicyclic) bond motifs is 1. The van der Waals surface area contributed by atoms with Crippen molar-refractivity contribution in [3.8, 4) is 17.2 Å². The summed E-state index contributed by atoms with van der Waals surface area (Å²) in [5.74, 6) is 1.52. The molecule has 3 rings (SSSR count). The normalized spacial score (nSPS) is 10.7. The predicted octanol–water partition coefficient (Wildman–Crippen LogP) is 4.68. The van der Waals surface area contributed by atoms with E-state index in [2.05, 4.69) is 17.2 Å². The van der Waals surface area contributed by atoms with E-state index in [9.17, 15) is 4.79 Å². The smallest absolute Gasteiger partial charge is 0.307 e. The minimum atomic E-state index is -0.188. The number of carbonyl (C=O) groups is 1. The summed E-state index contributed by atoms with van der Waals surface area (Å²) in [4.78, 5) is 11.6. The molecule has 6 heteroatoms. The van der Waals surface area contributed by atoms with Crippen LogP contribution in [0.4, 0.5) is 0 Å². The summed E-state index contributed by atoms with van der Waals surface area (Å²) in [5.41, 5.74) is 3.77. The number of hydrogen-bond donors (Lipinski definition) is 0. The Labute approximate surface area is 176 Å². The van der Waals surface area contributed by atoms with E-state index in [4.69, 9.17) is 18.9 Å². The van der Waals surface area contributed by atoms with Crippen LogP contribution in [0.15, 0.2) is 49.2 Å². The Morgan fingerprint density at radius 1 is 0.967 bits per heavy atom. The molecule has 0 saturated carbocycles. The molecule has 1 heterocycles. The van der Waals surface area contributed by atoms with E-state index in [0.29, 0.717) is 36.8 Å². The molecule has 0 N–H and O–H groups in total. The maximum atomic E-state index is 11.6. The van der Waals surface area contributed by atoms with Gasteiger partial charge in [0.05, 0.1) is 34.4 Å². The van der Waals surface area contributed by atoms with Crippen LogP contribution in [-0.2, 0) is 16.1 Å². The van der Waals surface area contributed by atoms with Crippen LogP contribution in [0.25, 0.3) is 16.5 Å². The summed E-state index contributed by atoms with van der Waals surface area (Å²) in [5, 5.41) is 1.07. The first kappa shape index (κ1) is 21.3. The molecule has 0 unspecified atom stereocenters. The van der Waals surface area contributed by atoms with Gasteiger partial charge in [0.1, 0.15) is 0 Å². The van der Waals surface area contributed by atoms with Gasteiger partial charge in [0.15, 0.2) is 11.5 Å². The molecule has 0 aliphatic carbocycles. The second-order valence-corrected chi connectivity index (χ2v) is 6.73. The van der Waals surface area contributed by atoms with Crippen molar-refractivity contribution in [2.24, 2.45) is 0 Å². The quantitative estimate of drug-likeness (QED) is 0.480. The summed E-state index contributed by atoms with van der Waals surface area (Å²) in [6.07, 6.45) is 2.33. The Kier molecular flexibility index (Phi) is 6.67. The van der Waals surface area contributed by atoms with Gasteiger partial charge in [0.2, 0.25) is 5.75 Å². The average molecular weight is 409 g/mol. The monoisotopic (exact) mass is 409 g/mol. The van der Waals surface area contributed by atoms with Crippen molar-refractivity contribution in [3.63, 3.8) is 0 Å². The minimum Gasteiger partial charge on any atom is -0.493 e. The fourth-order valence-corrected chi connectivity index (χ4v) is 3.45. The van der Waals surface area contributed by atoms with Gasteiger partial charge in [0, 0.05) is 23.6 Å². The van der Waals surface area contributed by atoms with Gasteiger partial charge in [-0.25, -0.2) is 0 Å². The molecule has 0 aliphatic heterocycles. The molecule has 0 atom stereocenters. The molecule has 0 bridgehead atoms. The summed E-state index contributed by atoms with van der Waals surface area (Å²) in [6, 6.07) is 12.0. The number of ether oxygens (including phenoxy) is 4. The number of aryl methyl sites for hydroxylation is 1. The van der Waals surface area contributed by atoms with Crippen LogP contribution in [0, 0.1) is 0 Å². The van der Waals surface area contributed by atoms with E-state index < -0.39 is 0 Å². The van der Waals surface area contributed by atoms with Crippen LogP contribution in [0.1, 0.15) is 24.5 Å². The third-order valence-electron chi connectivity index (χ3n) is 4.99. The van der Waals surface area contributed by atoms with Gasteiger partial charge in [-0.15, -0.1) is 0 Å². The van der Waals surface area contributed by atoms with Gasteiger partial charge in [-0.2, -0.15) is 0 Å². The molecule has 3 aromatic rings. The average Bonchev–Trinajstić information content (AvgIpc) is 3.18. The van der Waals surface area contributed by atoms with Crippen LogP contribution in [0.2, 0.25) is 0 Å².